The molecular formula is C20H27N3O3S. The van der Waals surface area contributed by atoms with E-state index in [4.69, 9.17) is 0 Å². The number of carbonyl (C=O) groups excluding carboxylic acids is 1. The fourth-order valence-corrected chi connectivity index (χ4v) is 3.46. The van der Waals surface area contributed by atoms with Crippen LogP contribution in [0.5, 0.6) is 0 Å². The molecule has 0 aliphatic rings. The molecule has 0 heterocycles. The van der Waals surface area contributed by atoms with E-state index in [-0.39, 0.29) is 10.8 Å². The lowest BCUT2D eigenvalue weighted by Gasteiger charge is -2.18. The number of amides is 1. The normalized spacial score (nSPS) is 11.6. The van der Waals surface area contributed by atoms with Crippen LogP contribution in [0.3, 0.4) is 0 Å². The van der Waals surface area contributed by atoms with Crippen molar-refractivity contribution in [2.24, 2.45) is 0 Å². The molecule has 0 unspecified atom stereocenters. The summed E-state index contributed by atoms with van der Waals surface area (Å²) in [4.78, 5) is 14.8. The first kappa shape index (κ1) is 21.1. The average Bonchev–Trinajstić information content (AvgIpc) is 2.70. The zero-order valence-corrected chi connectivity index (χ0v) is 16.8. The standard InChI is InChI=1S/C20H27N3O3S/c1-4-23(5-2)15-17-8-6-7-16(13-17)14-22-20(24)18-9-11-19(12-10-18)27(25,26)21-3/h6-13,21H,4-5,14-15H2,1-3H3,(H,22,24). The molecule has 146 valence electrons. The van der Waals surface area contributed by atoms with Gasteiger partial charge in [0.05, 0.1) is 4.90 Å². The van der Waals surface area contributed by atoms with Crippen molar-refractivity contribution >= 4 is 15.9 Å². The van der Waals surface area contributed by atoms with Gasteiger partial charge in [0.15, 0.2) is 0 Å². The molecular weight excluding hydrogens is 362 g/mol. The number of carbonyl (C=O) groups is 1. The summed E-state index contributed by atoms with van der Waals surface area (Å²) in [6, 6.07) is 14.0. The summed E-state index contributed by atoms with van der Waals surface area (Å²) in [6.45, 7) is 7.58. The Balaban J connectivity index is 1.99. The Labute approximate surface area is 161 Å². The molecule has 0 saturated carbocycles. The van der Waals surface area contributed by atoms with Crippen molar-refractivity contribution in [1.29, 1.82) is 0 Å². The number of rotatable bonds is 9. The summed E-state index contributed by atoms with van der Waals surface area (Å²) in [5.41, 5.74) is 2.67. The minimum absolute atomic E-state index is 0.130. The van der Waals surface area contributed by atoms with E-state index in [2.05, 4.69) is 40.9 Å². The molecule has 6 nitrogen and oxygen atoms in total. The second-order valence-corrected chi connectivity index (χ2v) is 8.08. The average molecular weight is 390 g/mol. The van der Waals surface area contributed by atoms with Crippen molar-refractivity contribution < 1.29 is 13.2 Å². The Morgan fingerprint density at radius 1 is 1.00 bits per heavy atom. The highest BCUT2D eigenvalue weighted by Crippen LogP contribution is 2.11. The van der Waals surface area contributed by atoms with Gasteiger partial charge in [0, 0.05) is 18.7 Å². The monoisotopic (exact) mass is 389 g/mol. The highest BCUT2D eigenvalue weighted by atomic mass is 32.2. The van der Waals surface area contributed by atoms with Crippen LogP contribution in [0.15, 0.2) is 53.4 Å². The van der Waals surface area contributed by atoms with Crippen LogP contribution in [0.1, 0.15) is 35.3 Å². The number of nitrogens with zero attached hydrogens (tertiary/aromatic N) is 1. The van der Waals surface area contributed by atoms with Gasteiger partial charge in [0.2, 0.25) is 10.0 Å². The van der Waals surface area contributed by atoms with Crippen molar-refractivity contribution in [2.45, 2.75) is 31.8 Å². The summed E-state index contributed by atoms with van der Waals surface area (Å²) in [7, 11) is -2.15. The van der Waals surface area contributed by atoms with Crippen LogP contribution < -0.4 is 10.0 Å². The molecule has 0 atom stereocenters. The molecule has 0 spiro atoms. The molecule has 0 aliphatic carbocycles. The number of benzene rings is 2. The molecule has 2 rings (SSSR count). The molecule has 0 aromatic heterocycles. The fourth-order valence-electron chi connectivity index (χ4n) is 2.73. The van der Waals surface area contributed by atoms with Crippen LogP contribution in [0.2, 0.25) is 0 Å². The fraction of sp³-hybridized carbons (Fsp3) is 0.350. The van der Waals surface area contributed by atoms with Gasteiger partial charge in [-0.25, -0.2) is 13.1 Å². The van der Waals surface area contributed by atoms with E-state index in [0.29, 0.717) is 12.1 Å². The van der Waals surface area contributed by atoms with Crippen LogP contribution >= 0.6 is 0 Å². The van der Waals surface area contributed by atoms with E-state index in [9.17, 15) is 13.2 Å². The maximum atomic E-state index is 12.3. The van der Waals surface area contributed by atoms with Crippen molar-refractivity contribution in [3.8, 4) is 0 Å². The van der Waals surface area contributed by atoms with Crippen LogP contribution in [0.25, 0.3) is 0 Å². The van der Waals surface area contributed by atoms with Gasteiger partial charge >= 0.3 is 0 Å². The molecule has 0 bridgehead atoms. The van der Waals surface area contributed by atoms with Crippen molar-refractivity contribution in [1.82, 2.24) is 14.9 Å². The Kier molecular flexibility index (Phi) is 7.53. The summed E-state index contributed by atoms with van der Waals surface area (Å²) in [6.07, 6.45) is 0. The van der Waals surface area contributed by atoms with Crippen LogP contribution in [-0.2, 0) is 23.1 Å². The van der Waals surface area contributed by atoms with Gasteiger partial charge in [-0.1, -0.05) is 38.1 Å². The summed E-state index contributed by atoms with van der Waals surface area (Å²) in [5.74, 6) is -0.238. The zero-order valence-electron chi connectivity index (χ0n) is 16.0. The van der Waals surface area contributed by atoms with E-state index < -0.39 is 10.0 Å². The Morgan fingerprint density at radius 2 is 1.63 bits per heavy atom. The first-order valence-electron chi connectivity index (χ1n) is 9.01. The summed E-state index contributed by atoms with van der Waals surface area (Å²) < 4.78 is 25.7. The van der Waals surface area contributed by atoms with Gasteiger partial charge in [-0.05, 0) is 55.5 Å². The van der Waals surface area contributed by atoms with E-state index >= 15 is 0 Å². The lowest BCUT2D eigenvalue weighted by atomic mass is 10.1. The smallest absolute Gasteiger partial charge is 0.251 e. The predicted molar refractivity (Wildman–Crippen MR) is 107 cm³/mol. The number of nitrogens with one attached hydrogen (secondary N) is 2. The first-order chi connectivity index (χ1) is 12.9. The summed E-state index contributed by atoms with van der Waals surface area (Å²) in [5, 5.41) is 2.88. The predicted octanol–water partition coefficient (Wildman–Crippen LogP) is 2.37. The number of sulfonamides is 1. The van der Waals surface area contributed by atoms with Gasteiger partial charge in [0.25, 0.3) is 5.91 Å². The Morgan fingerprint density at radius 3 is 2.22 bits per heavy atom. The topological polar surface area (TPSA) is 78.5 Å². The second kappa shape index (κ2) is 9.64. The first-order valence-corrected chi connectivity index (χ1v) is 10.5. The van der Waals surface area contributed by atoms with Crippen molar-refractivity contribution in [2.75, 3.05) is 20.1 Å². The summed E-state index contributed by atoms with van der Waals surface area (Å²) >= 11 is 0. The van der Waals surface area contributed by atoms with Gasteiger partial charge in [-0.3, -0.25) is 9.69 Å². The third-order valence-corrected chi connectivity index (χ3v) is 5.87. The minimum atomic E-state index is -3.50. The van der Waals surface area contributed by atoms with Crippen LogP contribution in [0.4, 0.5) is 0 Å². The molecule has 0 radical (unpaired) electrons. The van der Waals surface area contributed by atoms with Crippen LogP contribution in [0, 0.1) is 0 Å². The molecule has 2 aromatic rings. The molecule has 0 saturated heterocycles. The van der Waals surface area contributed by atoms with E-state index in [1.165, 1.54) is 36.9 Å². The van der Waals surface area contributed by atoms with Gasteiger partial charge < -0.3 is 5.32 Å². The molecule has 2 N–H and O–H groups in total. The molecule has 0 aliphatic heterocycles. The van der Waals surface area contributed by atoms with E-state index in [1.807, 2.05) is 12.1 Å². The maximum absolute atomic E-state index is 12.3. The maximum Gasteiger partial charge on any atom is 0.251 e. The quantitative estimate of drug-likeness (QED) is 0.690. The highest BCUT2D eigenvalue weighted by Gasteiger charge is 2.12. The molecule has 1 amide bonds. The SMILES string of the molecule is CCN(CC)Cc1cccc(CNC(=O)c2ccc(S(=O)(=O)NC)cc2)c1. The second-order valence-electron chi connectivity index (χ2n) is 6.20. The van der Waals surface area contributed by atoms with E-state index in [0.717, 1.165) is 25.2 Å². The van der Waals surface area contributed by atoms with Crippen molar-refractivity contribution in [3.63, 3.8) is 0 Å². The number of hydrogen-bond acceptors (Lipinski definition) is 4. The van der Waals surface area contributed by atoms with E-state index in [1.54, 1.807) is 0 Å². The van der Waals surface area contributed by atoms with Gasteiger partial charge in [-0.2, -0.15) is 0 Å². The highest BCUT2D eigenvalue weighted by molar-refractivity contribution is 7.89. The zero-order chi connectivity index (χ0) is 19.9. The molecule has 27 heavy (non-hydrogen) atoms. The van der Waals surface area contributed by atoms with Crippen LogP contribution in [-0.4, -0.2) is 39.4 Å². The molecule has 0 fully saturated rings. The largest absolute Gasteiger partial charge is 0.348 e. The minimum Gasteiger partial charge on any atom is -0.348 e. The lowest BCUT2D eigenvalue weighted by molar-refractivity contribution is 0.0951. The lowest BCUT2D eigenvalue weighted by Crippen LogP contribution is -2.24. The third-order valence-electron chi connectivity index (χ3n) is 4.44. The Bertz CT molecular complexity index is 860. The molecule has 2 aromatic carbocycles. The number of hydrogen-bond donors (Lipinski definition) is 2. The van der Waals surface area contributed by atoms with Crippen molar-refractivity contribution in [3.05, 3.63) is 65.2 Å². The van der Waals surface area contributed by atoms with Gasteiger partial charge in [-0.15, -0.1) is 0 Å². The Hall–Kier alpha value is -2.22. The molecule has 7 heteroatoms. The third kappa shape index (κ3) is 5.89. The van der Waals surface area contributed by atoms with Gasteiger partial charge in [0.1, 0.15) is 0 Å².